The molecule has 0 aromatic carbocycles. The molecule has 3 N–H and O–H groups in total. The number of unbranched alkanes of at least 4 members (excludes halogenated alkanes) is 2. The Hall–Kier alpha value is -0.420. The first-order chi connectivity index (χ1) is 6.33. The van der Waals surface area contributed by atoms with Gasteiger partial charge in [0.15, 0.2) is 0 Å². The molecular formula is C7H14NO5P-2. The van der Waals surface area contributed by atoms with Crippen molar-refractivity contribution in [2.24, 2.45) is 0 Å². The van der Waals surface area contributed by atoms with Gasteiger partial charge in [0.05, 0.1) is 5.97 Å². The Balaban J connectivity index is 3.39. The van der Waals surface area contributed by atoms with E-state index in [-0.39, 0.29) is 12.6 Å². The number of carbonyl (C=O) groups is 1. The molecule has 0 aromatic rings. The largest absolute Gasteiger partial charge is 0.811 e. The molecule has 84 valence electrons. The molecule has 0 amide bonds. The first-order valence-electron chi connectivity index (χ1n) is 4.38. The molecule has 1 atom stereocenters. The van der Waals surface area contributed by atoms with Crippen molar-refractivity contribution < 1.29 is 30.0 Å². The molecule has 0 spiro atoms. The van der Waals surface area contributed by atoms with Crippen molar-refractivity contribution in [1.29, 1.82) is 0 Å². The van der Waals surface area contributed by atoms with Gasteiger partial charge in [-0.15, -0.1) is 0 Å². The van der Waals surface area contributed by atoms with Crippen molar-refractivity contribution in [3.8, 4) is 0 Å². The summed E-state index contributed by atoms with van der Waals surface area (Å²) in [6.07, 6.45) is 1.34. The molecule has 0 aromatic heterocycles. The third-order valence-corrected chi connectivity index (χ3v) is 2.68. The molecule has 7 heteroatoms. The minimum atomic E-state index is -4.39. The molecule has 0 heterocycles. The second-order valence-electron chi connectivity index (χ2n) is 3.20. The normalized spacial score (nSPS) is 13.9. The summed E-state index contributed by atoms with van der Waals surface area (Å²) in [5.41, 5.74) is 3.34. The van der Waals surface area contributed by atoms with E-state index in [1.54, 1.807) is 0 Å². The first kappa shape index (κ1) is 13.6. The van der Waals surface area contributed by atoms with Gasteiger partial charge in [-0.2, -0.15) is 0 Å². The van der Waals surface area contributed by atoms with Gasteiger partial charge >= 0.3 is 0 Å². The highest BCUT2D eigenvalue weighted by molar-refractivity contribution is 7.48. The summed E-state index contributed by atoms with van der Waals surface area (Å²) in [4.78, 5) is 30.6. The Labute approximate surface area is 82.3 Å². The van der Waals surface area contributed by atoms with Gasteiger partial charge in [0.25, 0.3) is 0 Å². The number of hydrogen-bond acceptors (Lipinski definition) is 5. The van der Waals surface area contributed by atoms with E-state index in [0.717, 1.165) is 0 Å². The predicted octanol–water partition coefficient (Wildman–Crippen LogP) is -3.18. The second-order valence-corrected chi connectivity index (χ2v) is 4.87. The first-order valence-corrected chi connectivity index (χ1v) is 6.11. The van der Waals surface area contributed by atoms with Crippen molar-refractivity contribution in [3.63, 3.8) is 0 Å². The molecule has 0 saturated heterocycles. The summed E-state index contributed by atoms with van der Waals surface area (Å²) in [5, 5.41) is 10.2. The maximum absolute atomic E-state index is 10.2. The number of rotatable bonds is 7. The van der Waals surface area contributed by atoms with E-state index < -0.39 is 19.6 Å². The fourth-order valence-corrected chi connectivity index (χ4v) is 1.60. The van der Waals surface area contributed by atoms with Gasteiger partial charge < -0.3 is 30.0 Å². The molecule has 0 bridgehead atoms. The molecule has 0 unspecified atom stereocenters. The van der Waals surface area contributed by atoms with E-state index >= 15 is 0 Å². The Morgan fingerprint density at radius 1 is 1.29 bits per heavy atom. The average molecular weight is 223 g/mol. The number of carboxylic acids is 1. The lowest BCUT2D eigenvalue weighted by Gasteiger charge is -2.29. The van der Waals surface area contributed by atoms with Gasteiger partial charge in [0, 0.05) is 6.42 Å². The summed E-state index contributed by atoms with van der Waals surface area (Å²) in [6.45, 7) is 0. The molecule has 0 saturated carbocycles. The number of quaternary nitrogens is 1. The van der Waals surface area contributed by atoms with Crippen LogP contribution >= 0.6 is 7.60 Å². The van der Waals surface area contributed by atoms with Gasteiger partial charge in [-0.05, 0) is 19.0 Å². The molecule has 6 nitrogen and oxygen atoms in total. The van der Waals surface area contributed by atoms with Crippen LogP contribution in [0.5, 0.6) is 0 Å². The van der Waals surface area contributed by atoms with E-state index in [1.165, 1.54) is 0 Å². The lowest BCUT2D eigenvalue weighted by Crippen LogP contribution is -2.68. The van der Waals surface area contributed by atoms with E-state index in [1.807, 2.05) is 0 Å². The van der Waals surface area contributed by atoms with E-state index in [2.05, 4.69) is 5.73 Å². The van der Waals surface area contributed by atoms with Gasteiger partial charge in [-0.1, -0.05) is 14.0 Å². The molecule has 0 rings (SSSR count). The minimum absolute atomic E-state index is 0.282. The van der Waals surface area contributed by atoms with Crippen molar-refractivity contribution in [1.82, 2.24) is 0 Å². The molecule has 14 heavy (non-hydrogen) atoms. The average Bonchev–Trinajstić information content (AvgIpc) is 2.01. The third kappa shape index (κ3) is 8.19. The quantitative estimate of drug-likeness (QED) is 0.359. The molecule has 0 radical (unpaired) electrons. The highest BCUT2D eigenvalue weighted by Crippen LogP contribution is 2.24. The van der Waals surface area contributed by atoms with E-state index in [9.17, 15) is 24.3 Å². The second kappa shape index (κ2) is 6.14. The maximum atomic E-state index is 10.2. The molecule has 0 fully saturated rings. The summed E-state index contributed by atoms with van der Waals surface area (Å²) in [6, 6.07) is -0.763. The van der Waals surface area contributed by atoms with Crippen LogP contribution in [0, 0.1) is 0 Å². The van der Waals surface area contributed by atoms with Crippen LogP contribution in [-0.4, -0.2) is 18.2 Å². The van der Waals surface area contributed by atoms with Crippen molar-refractivity contribution in [2.45, 2.75) is 31.7 Å². The van der Waals surface area contributed by atoms with Crippen LogP contribution in [0.2, 0.25) is 0 Å². The highest BCUT2D eigenvalue weighted by Gasteiger charge is 2.05. The summed E-state index contributed by atoms with van der Waals surface area (Å²) in [7, 11) is -4.39. The predicted molar refractivity (Wildman–Crippen MR) is 42.6 cm³/mol. The van der Waals surface area contributed by atoms with Gasteiger partial charge in [0.2, 0.25) is 0 Å². The van der Waals surface area contributed by atoms with E-state index in [0.29, 0.717) is 19.3 Å². The number of carboxylic acid groups (broad SMARTS) is 1. The van der Waals surface area contributed by atoms with Crippen molar-refractivity contribution in [3.05, 3.63) is 0 Å². The van der Waals surface area contributed by atoms with Crippen LogP contribution in [0.3, 0.4) is 0 Å². The number of carbonyl (C=O) groups excluding carboxylic acids is 1. The smallest absolute Gasteiger partial charge is 0.124 e. The van der Waals surface area contributed by atoms with Crippen LogP contribution in [-0.2, 0) is 9.36 Å². The van der Waals surface area contributed by atoms with Gasteiger partial charge in [0.1, 0.15) is 6.04 Å². The van der Waals surface area contributed by atoms with Crippen LogP contribution in [0.15, 0.2) is 0 Å². The van der Waals surface area contributed by atoms with Gasteiger partial charge in [-0.3, -0.25) is 0 Å². The topological polar surface area (TPSA) is 131 Å². The van der Waals surface area contributed by atoms with E-state index in [4.69, 9.17) is 0 Å². The molecule has 0 aliphatic carbocycles. The zero-order valence-electron chi connectivity index (χ0n) is 7.81. The fraction of sp³-hybridized carbons (Fsp3) is 0.857. The summed E-state index contributed by atoms with van der Waals surface area (Å²) in [5.74, 6) is -1.21. The Morgan fingerprint density at radius 3 is 2.29 bits per heavy atom. The minimum Gasteiger partial charge on any atom is -0.811 e. The standard InChI is InChI=1S/C7H16NO5P/c8-6(7(9)10)4-2-1-3-5-14(11,12)13/h6H,1-5,8H2,(H,9,10)(H2,11,12,13)/p-2/t6-/m0/s1. The highest BCUT2D eigenvalue weighted by atomic mass is 31.2. The zero-order valence-corrected chi connectivity index (χ0v) is 8.70. The van der Waals surface area contributed by atoms with Crippen LogP contribution in [0.4, 0.5) is 0 Å². The summed E-state index contributed by atoms with van der Waals surface area (Å²) >= 11 is 0. The molecule has 0 aliphatic heterocycles. The fourth-order valence-electron chi connectivity index (χ4n) is 0.991. The van der Waals surface area contributed by atoms with Crippen molar-refractivity contribution >= 4 is 13.6 Å². The van der Waals surface area contributed by atoms with Crippen molar-refractivity contribution in [2.75, 3.05) is 6.16 Å². The molecular weight excluding hydrogens is 209 g/mol. The number of aliphatic carboxylic acids is 1. The van der Waals surface area contributed by atoms with Crippen LogP contribution in [0.25, 0.3) is 0 Å². The Morgan fingerprint density at radius 2 is 1.86 bits per heavy atom. The lowest BCUT2D eigenvalue weighted by atomic mass is 10.1. The van der Waals surface area contributed by atoms with Gasteiger partial charge in [-0.25, -0.2) is 0 Å². The number of hydrogen-bond donors (Lipinski definition) is 1. The molecule has 0 aliphatic rings. The van der Waals surface area contributed by atoms with Crippen LogP contribution < -0.4 is 20.6 Å². The Bertz CT molecular complexity index is 226. The third-order valence-electron chi connectivity index (χ3n) is 1.82. The maximum Gasteiger partial charge on any atom is 0.124 e. The monoisotopic (exact) mass is 223 g/mol. The summed E-state index contributed by atoms with van der Waals surface area (Å²) < 4.78 is 10.2. The lowest BCUT2D eigenvalue weighted by molar-refractivity contribution is -0.438. The SMILES string of the molecule is [NH3+][C@@H](CCCCCP(=O)([O-])[O-])C(=O)[O-]. The zero-order chi connectivity index (χ0) is 11.2. The Kier molecular flexibility index (Phi) is 5.95. The van der Waals surface area contributed by atoms with Crippen LogP contribution in [0.1, 0.15) is 25.7 Å².